The van der Waals surface area contributed by atoms with Crippen molar-refractivity contribution in [3.05, 3.63) is 119 Å². The fourth-order valence-corrected chi connectivity index (χ4v) is 5.20. The Labute approximate surface area is 287 Å². The van der Waals surface area contributed by atoms with Gasteiger partial charge in [-0.2, -0.15) is 8.42 Å². The van der Waals surface area contributed by atoms with Gasteiger partial charge in [-0.25, -0.2) is 0 Å². The molecule has 4 aromatic rings. The van der Waals surface area contributed by atoms with Crippen LogP contribution in [0.4, 0.5) is 0 Å². The van der Waals surface area contributed by atoms with E-state index >= 15 is 0 Å². The van der Waals surface area contributed by atoms with Crippen LogP contribution in [0.5, 0.6) is 23.0 Å². The van der Waals surface area contributed by atoms with Crippen molar-refractivity contribution < 1.29 is 52.0 Å². The van der Waals surface area contributed by atoms with Crippen LogP contribution in [0.1, 0.15) is 35.1 Å². The Kier molecular flexibility index (Phi) is 14.7. The molecular weight excluding hydrogens is 652 g/mol. The van der Waals surface area contributed by atoms with Crippen LogP contribution in [0.15, 0.2) is 97.1 Å². The number of hydrogen-bond acceptors (Lipinski definition) is 10. The molecule has 4 N–H and O–H groups in total. The predicted molar refractivity (Wildman–Crippen MR) is 183 cm³/mol. The minimum Gasteiger partial charge on any atom is -0.493 e. The number of rotatable bonds is 22. The van der Waals surface area contributed by atoms with Gasteiger partial charge < -0.3 is 39.0 Å². The number of benzene rings is 4. The molecular formula is C37H44O11S. The Morgan fingerprint density at radius 1 is 0.490 bits per heavy atom. The third-order valence-corrected chi connectivity index (χ3v) is 8.44. The van der Waals surface area contributed by atoms with Gasteiger partial charge in [0.2, 0.25) is 0 Å². The molecule has 0 aliphatic carbocycles. The van der Waals surface area contributed by atoms with E-state index in [1.165, 1.54) is 0 Å². The summed E-state index contributed by atoms with van der Waals surface area (Å²) >= 11 is 0. The number of aliphatic hydroxyl groups excluding tert-OH is 3. The first-order valence-electron chi connectivity index (χ1n) is 15.9. The summed E-state index contributed by atoms with van der Waals surface area (Å²) in [6.45, 7) is 1.07. The van der Waals surface area contributed by atoms with Crippen LogP contribution in [-0.4, -0.2) is 67.1 Å². The van der Waals surface area contributed by atoms with E-state index in [9.17, 15) is 23.7 Å². The molecule has 4 rings (SSSR count). The lowest BCUT2D eigenvalue weighted by molar-refractivity contribution is -0.00355. The van der Waals surface area contributed by atoms with Crippen LogP contribution in [0, 0.1) is 5.41 Å². The molecule has 0 atom stereocenters. The highest BCUT2D eigenvalue weighted by molar-refractivity contribution is 7.85. The van der Waals surface area contributed by atoms with Crippen molar-refractivity contribution in [3.8, 4) is 23.0 Å². The van der Waals surface area contributed by atoms with Crippen molar-refractivity contribution in [2.75, 3.05) is 38.8 Å². The van der Waals surface area contributed by atoms with Gasteiger partial charge in [0, 0.05) is 6.61 Å². The Hall–Kier alpha value is -4.17. The first kappa shape index (κ1) is 37.6. The van der Waals surface area contributed by atoms with Gasteiger partial charge in [0.15, 0.2) is 0 Å². The van der Waals surface area contributed by atoms with E-state index in [-0.39, 0.29) is 52.0 Å². The largest absolute Gasteiger partial charge is 0.493 e. The number of aliphatic hydroxyl groups is 3. The van der Waals surface area contributed by atoms with Gasteiger partial charge in [0.05, 0.1) is 32.2 Å². The maximum absolute atomic E-state index is 10.9. The van der Waals surface area contributed by atoms with Crippen LogP contribution in [0.2, 0.25) is 0 Å². The van der Waals surface area contributed by atoms with Gasteiger partial charge in [-0.1, -0.05) is 48.5 Å². The molecule has 0 bridgehead atoms. The summed E-state index contributed by atoms with van der Waals surface area (Å²) in [5.74, 6) is 2.12. The monoisotopic (exact) mass is 696 g/mol. The lowest BCUT2D eigenvalue weighted by Gasteiger charge is -2.33. The molecule has 11 nitrogen and oxygen atoms in total. The zero-order valence-corrected chi connectivity index (χ0v) is 28.1. The molecule has 0 aliphatic rings. The van der Waals surface area contributed by atoms with Gasteiger partial charge in [-0.05, 0) is 83.6 Å². The molecule has 0 unspecified atom stereocenters. The molecule has 12 heteroatoms. The average Bonchev–Trinajstić information content (AvgIpc) is 3.13. The molecule has 0 aliphatic heterocycles. The highest BCUT2D eigenvalue weighted by atomic mass is 32.2. The van der Waals surface area contributed by atoms with E-state index in [4.69, 9.17) is 28.2 Å². The molecule has 49 heavy (non-hydrogen) atoms. The Morgan fingerprint density at radius 3 is 1.12 bits per heavy atom. The van der Waals surface area contributed by atoms with Crippen molar-refractivity contribution >= 4 is 10.1 Å². The highest BCUT2D eigenvalue weighted by Crippen LogP contribution is 2.27. The number of hydrogen-bond donors (Lipinski definition) is 4. The molecule has 0 aromatic heterocycles. The smallest absolute Gasteiger partial charge is 0.264 e. The lowest BCUT2D eigenvalue weighted by Crippen LogP contribution is -2.45. The summed E-state index contributed by atoms with van der Waals surface area (Å²) in [6, 6.07) is 28.9. The first-order chi connectivity index (χ1) is 23.7. The third-order valence-electron chi connectivity index (χ3n) is 7.63. The van der Waals surface area contributed by atoms with Crippen LogP contribution >= 0.6 is 0 Å². The highest BCUT2D eigenvalue weighted by Gasteiger charge is 2.36. The van der Waals surface area contributed by atoms with E-state index in [1.807, 2.05) is 24.3 Å². The average molecular weight is 697 g/mol. The van der Waals surface area contributed by atoms with Crippen molar-refractivity contribution in [1.82, 2.24) is 0 Å². The summed E-state index contributed by atoms with van der Waals surface area (Å²) in [5.41, 5.74) is 2.35. The van der Waals surface area contributed by atoms with E-state index in [0.29, 0.717) is 49.1 Å². The fraction of sp³-hybridized carbons (Fsp3) is 0.351. The maximum atomic E-state index is 10.9. The topological polar surface area (TPSA) is 161 Å². The normalized spacial score (nSPS) is 11.7. The third kappa shape index (κ3) is 13.3. The van der Waals surface area contributed by atoms with Crippen LogP contribution in [0.3, 0.4) is 0 Å². The quantitative estimate of drug-likeness (QED) is 0.0650. The lowest BCUT2D eigenvalue weighted by atomic mass is 9.92. The minimum atomic E-state index is -3.96. The van der Waals surface area contributed by atoms with Gasteiger partial charge in [-0.15, -0.1) is 0 Å². The molecule has 0 fully saturated rings. The SMILES string of the molecule is O=S(=O)(O)CCCCOCc1ccc(OCC(COc2ccc(CO)cc2)(COc2ccc(CO)cc2)COc2ccc(CO)cc2)cc1. The molecule has 0 saturated carbocycles. The molecule has 0 radical (unpaired) electrons. The Balaban J connectivity index is 1.48. The number of ether oxygens (including phenoxy) is 5. The van der Waals surface area contributed by atoms with Crippen molar-refractivity contribution in [3.63, 3.8) is 0 Å². The molecule has 264 valence electrons. The van der Waals surface area contributed by atoms with Gasteiger partial charge in [-0.3, -0.25) is 4.55 Å². The maximum Gasteiger partial charge on any atom is 0.264 e. The van der Waals surface area contributed by atoms with E-state index in [0.717, 1.165) is 22.3 Å². The Morgan fingerprint density at radius 2 is 0.816 bits per heavy atom. The zero-order valence-electron chi connectivity index (χ0n) is 27.3. The van der Waals surface area contributed by atoms with E-state index in [1.54, 1.807) is 72.8 Å². The summed E-state index contributed by atoms with van der Waals surface area (Å²) in [6.07, 6.45) is 0.832. The van der Waals surface area contributed by atoms with Crippen molar-refractivity contribution in [1.29, 1.82) is 0 Å². The summed E-state index contributed by atoms with van der Waals surface area (Å²) in [7, 11) is -3.96. The summed E-state index contributed by atoms with van der Waals surface area (Å²) < 4.78 is 61.3. The Bertz CT molecular complexity index is 1500. The van der Waals surface area contributed by atoms with Crippen LogP contribution < -0.4 is 18.9 Å². The van der Waals surface area contributed by atoms with Gasteiger partial charge >= 0.3 is 0 Å². The van der Waals surface area contributed by atoms with Gasteiger partial charge in [0.1, 0.15) is 54.8 Å². The van der Waals surface area contributed by atoms with E-state index < -0.39 is 15.5 Å². The second-order valence-corrected chi connectivity index (χ2v) is 13.3. The molecule has 4 aromatic carbocycles. The standard InChI is InChI=1S/C37H44O11S/c38-21-29-3-11-33(12-4-29)45-25-37(26-46-34-13-5-30(22-39)6-14-34,27-47-35-15-7-31(23-40)8-16-35)28-48-36-17-9-32(10-18-36)24-44-19-1-2-20-49(41,42)43/h3-18,38-40H,1-2,19-28H2,(H,41,42,43). The first-order valence-corrected chi connectivity index (χ1v) is 17.5. The molecule has 0 saturated heterocycles. The van der Waals surface area contributed by atoms with Crippen LogP contribution in [0.25, 0.3) is 0 Å². The zero-order chi connectivity index (χ0) is 35.0. The molecule has 0 heterocycles. The summed E-state index contributed by atoms with van der Waals surface area (Å²) in [5, 5.41) is 28.4. The summed E-state index contributed by atoms with van der Waals surface area (Å²) in [4.78, 5) is 0. The van der Waals surface area contributed by atoms with Crippen molar-refractivity contribution in [2.24, 2.45) is 5.41 Å². The second-order valence-electron chi connectivity index (χ2n) is 11.8. The molecule has 0 amide bonds. The van der Waals surface area contributed by atoms with Crippen molar-refractivity contribution in [2.45, 2.75) is 39.3 Å². The van der Waals surface area contributed by atoms with E-state index in [2.05, 4.69) is 0 Å². The molecule has 0 spiro atoms. The van der Waals surface area contributed by atoms with Gasteiger partial charge in [0.25, 0.3) is 10.1 Å². The fourth-order valence-electron chi connectivity index (χ4n) is 4.63. The predicted octanol–water partition coefficient (Wildman–Crippen LogP) is 4.95. The second kappa shape index (κ2) is 19.1. The number of unbranched alkanes of at least 4 members (excludes halogenated alkanes) is 1. The minimum absolute atomic E-state index is 0.0775. The van der Waals surface area contributed by atoms with Crippen LogP contribution in [-0.2, 0) is 41.3 Å².